The van der Waals surface area contributed by atoms with Crippen LogP contribution in [0.3, 0.4) is 0 Å². The van der Waals surface area contributed by atoms with E-state index < -0.39 is 19.4 Å². The quantitative estimate of drug-likeness (QED) is 0.625. The molecule has 1 atom stereocenters. The molecule has 122 valence electrons. The topological polar surface area (TPSA) is 127 Å². The zero-order chi connectivity index (χ0) is 17.2. The molecule has 7 nitrogen and oxygen atoms in total. The summed E-state index contributed by atoms with van der Waals surface area (Å²) in [4.78, 5) is 30.6. The van der Waals surface area contributed by atoms with Crippen molar-refractivity contribution in [2.24, 2.45) is 4.76 Å². The molecule has 4 N–H and O–H groups in total. The Bertz CT molecular complexity index is 757. The summed E-state index contributed by atoms with van der Waals surface area (Å²) in [6.45, 7) is 1.60. The van der Waals surface area contributed by atoms with E-state index in [4.69, 9.17) is 9.79 Å². The minimum atomic E-state index is -4.72. The Labute approximate surface area is 132 Å². The van der Waals surface area contributed by atoms with Crippen molar-refractivity contribution in [1.82, 2.24) is 0 Å². The molecule has 0 amide bonds. The molecule has 1 aromatic rings. The molecular formula is C15H16NO6P. The molecule has 23 heavy (non-hydrogen) atoms. The van der Waals surface area contributed by atoms with Crippen molar-refractivity contribution < 1.29 is 29.4 Å². The molecule has 1 aromatic carbocycles. The van der Waals surface area contributed by atoms with Crippen LogP contribution in [0.25, 0.3) is 0 Å². The van der Waals surface area contributed by atoms with Crippen LogP contribution in [-0.2, 0) is 9.36 Å². The summed E-state index contributed by atoms with van der Waals surface area (Å²) in [7, 11) is -4.72. The number of phenolic OH excluding ortho intramolecular Hbond substituents is 1. The highest BCUT2D eigenvalue weighted by atomic mass is 31.2. The first kappa shape index (κ1) is 17.1. The summed E-state index contributed by atoms with van der Waals surface area (Å²) in [5.41, 5.74) is 0.253. The predicted octanol–water partition coefficient (Wildman–Crippen LogP) is 2.37. The lowest BCUT2D eigenvalue weighted by Gasteiger charge is -2.18. The van der Waals surface area contributed by atoms with Gasteiger partial charge in [0, 0.05) is 12.3 Å². The first-order chi connectivity index (χ1) is 10.7. The first-order valence-electron chi connectivity index (χ1n) is 6.77. The van der Waals surface area contributed by atoms with Gasteiger partial charge in [0.15, 0.2) is 5.78 Å². The molecule has 0 aliphatic heterocycles. The van der Waals surface area contributed by atoms with Gasteiger partial charge in [-0.25, -0.2) is 4.57 Å². The Kier molecular flexibility index (Phi) is 4.85. The number of aliphatic hydroxyl groups is 1. The van der Waals surface area contributed by atoms with E-state index >= 15 is 0 Å². The van der Waals surface area contributed by atoms with E-state index in [0.29, 0.717) is 5.56 Å². The summed E-state index contributed by atoms with van der Waals surface area (Å²) >= 11 is 0. The van der Waals surface area contributed by atoms with Crippen molar-refractivity contribution in [3.05, 3.63) is 53.3 Å². The average molecular weight is 337 g/mol. The second kappa shape index (κ2) is 6.50. The third kappa shape index (κ3) is 4.16. The number of benzene rings is 1. The summed E-state index contributed by atoms with van der Waals surface area (Å²) < 4.78 is 14.4. The Morgan fingerprint density at radius 1 is 1.22 bits per heavy atom. The summed E-state index contributed by atoms with van der Waals surface area (Å²) in [5.74, 6) is -1.51. The fraction of sp³-hybridized carbons (Fsp3) is 0.200. The van der Waals surface area contributed by atoms with Crippen LogP contribution in [0.15, 0.2) is 52.5 Å². The average Bonchev–Trinajstić information content (AvgIpc) is 2.45. The molecule has 0 saturated carbocycles. The van der Waals surface area contributed by atoms with Crippen LogP contribution in [0, 0.1) is 0 Å². The number of Topliss-reactive ketones (excluding diaryl/α,β-unsaturated/α-hetero) is 1. The highest BCUT2D eigenvalue weighted by molar-refractivity contribution is 7.50. The lowest BCUT2D eigenvalue weighted by atomic mass is 9.87. The van der Waals surface area contributed by atoms with Crippen LogP contribution in [-0.4, -0.2) is 31.5 Å². The van der Waals surface area contributed by atoms with Gasteiger partial charge in [-0.2, -0.15) is 4.76 Å². The number of hydrogen-bond acceptors (Lipinski definition) is 4. The maximum atomic E-state index is 12.6. The van der Waals surface area contributed by atoms with Gasteiger partial charge in [-0.15, -0.1) is 0 Å². The Morgan fingerprint density at radius 2 is 1.83 bits per heavy atom. The molecule has 1 unspecified atom stereocenters. The van der Waals surface area contributed by atoms with E-state index in [1.54, 1.807) is 19.1 Å². The standard InChI is InChI=1S/C15H16NO6P/c1-9(10-5-7-11(17)8-6-10)15(19)14-12(16-23(20,21)22)3-2-4-13(14)18/h2,4-9,17-18H,3H2,1H3,(H2,20,21,22). The van der Waals surface area contributed by atoms with Gasteiger partial charge >= 0.3 is 7.75 Å². The lowest BCUT2D eigenvalue weighted by Crippen LogP contribution is -2.22. The van der Waals surface area contributed by atoms with Crippen molar-refractivity contribution in [2.75, 3.05) is 0 Å². The maximum absolute atomic E-state index is 12.6. The minimum Gasteiger partial charge on any atom is -0.508 e. The SMILES string of the molecule is CC(C(=O)C1=C(O)C=CCC1=NP(=O)(O)O)c1ccc(O)cc1. The number of aliphatic hydroxyl groups excluding tert-OH is 1. The molecule has 0 bridgehead atoms. The largest absolute Gasteiger partial charge is 0.508 e. The third-order valence-electron chi connectivity index (χ3n) is 3.42. The van der Waals surface area contributed by atoms with E-state index in [9.17, 15) is 19.6 Å². The van der Waals surface area contributed by atoms with Gasteiger partial charge in [0.2, 0.25) is 0 Å². The van der Waals surface area contributed by atoms with Gasteiger partial charge in [-0.3, -0.25) is 4.79 Å². The van der Waals surface area contributed by atoms with Gasteiger partial charge in [0.05, 0.1) is 11.3 Å². The monoisotopic (exact) mass is 337 g/mol. The molecule has 1 aliphatic rings. The number of aromatic hydroxyl groups is 1. The Morgan fingerprint density at radius 3 is 2.39 bits per heavy atom. The van der Waals surface area contributed by atoms with Gasteiger partial charge in [0.25, 0.3) is 0 Å². The van der Waals surface area contributed by atoms with Crippen molar-refractivity contribution in [3.8, 4) is 5.75 Å². The zero-order valence-electron chi connectivity index (χ0n) is 12.2. The molecule has 1 aliphatic carbocycles. The summed E-state index contributed by atoms with van der Waals surface area (Å²) in [6.07, 6.45) is 2.81. The van der Waals surface area contributed by atoms with Crippen LogP contribution in [0.1, 0.15) is 24.8 Å². The number of rotatable bonds is 4. The molecule has 0 saturated heterocycles. The highest BCUT2D eigenvalue weighted by Crippen LogP contribution is 2.39. The van der Waals surface area contributed by atoms with Crippen molar-refractivity contribution >= 4 is 19.2 Å². The summed E-state index contributed by atoms with van der Waals surface area (Å²) in [6, 6.07) is 5.99. The van der Waals surface area contributed by atoms with Crippen LogP contribution in [0.4, 0.5) is 0 Å². The van der Waals surface area contributed by atoms with Gasteiger partial charge in [-0.05, 0) is 23.8 Å². The van der Waals surface area contributed by atoms with Crippen LogP contribution < -0.4 is 0 Å². The number of allylic oxidation sites excluding steroid dienone is 3. The normalized spacial score (nSPS) is 18.3. The molecule has 0 spiro atoms. The second-order valence-corrected chi connectivity index (χ2v) is 6.33. The molecular weight excluding hydrogens is 321 g/mol. The number of nitrogens with zero attached hydrogens (tertiary/aromatic N) is 1. The van der Waals surface area contributed by atoms with Crippen molar-refractivity contribution in [2.45, 2.75) is 19.3 Å². The van der Waals surface area contributed by atoms with E-state index in [0.717, 1.165) is 0 Å². The second-order valence-electron chi connectivity index (χ2n) is 5.10. The smallest absolute Gasteiger partial charge is 0.448 e. The molecule has 2 rings (SSSR count). The Balaban J connectivity index is 2.41. The van der Waals surface area contributed by atoms with E-state index in [1.165, 1.54) is 24.3 Å². The fourth-order valence-electron chi connectivity index (χ4n) is 2.26. The summed E-state index contributed by atoms with van der Waals surface area (Å²) in [5, 5.41) is 19.2. The van der Waals surface area contributed by atoms with E-state index in [2.05, 4.69) is 4.76 Å². The van der Waals surface area contributed by atoms with E-state index in [1.807, 2.05) is 0 Å². The fourth-order valence-corrected chi connectivity index (χ4v) is 2.76. The zero-order valence-corrected chi connectivity index (χ0v) is 13.1. The van der Waals surface area contributed by atoms with Gasteiger partial charge < -0.3 is 20.0 Å². The van der Waals surface area contributed by atoms with Crippen molar-refractivity contribution in [1.29, 1.82) is 0 Å². The molecule has 0 radical (unpaired) electrons. The number of carbonyl (C=O) groups excluding carboxylic acids is 1. The number of phenols is 1. The van der Waals surface area contributed by atoms with Crippen LogP contribution in [0.5, 0.6) is 5.75 Å². The molecule has 8 heteroatoms. The van der Waals surface area contributed by atoms with E-state index in [-0.39, 0.29) is 29.2 Å². The molecule has 0 heterocycles. The van der Waals surface area contributed by atoms with Crippen LogP contribution >= 0.6 is 7.75 Å². The number of hydrogen-bond donors (Lipinski definition) is 4. The first-order valence-corrected chi connectivity index (χ1v) is 8.33. The number of ketones is 1. The maximum Gasteiger partial charge on any atom is 0.448 e. The minimum absolute atomic E-state index is 0.0402. The third-order valence-corrected chi connectivity index (χ3v) is 3.92. The van der Waals surface area contributed by atoms with Crippen LogP contribution in [0.2, 0.25) is 0 Å². The van der Waals surface area contributed by atoms with Gasteiger partial charge in [-0.1, -0.05) is 25.1 Å². The van der Waals surface area contributed by atoms with Crippen molar-refractivity contribution in [3.63, 3.8) is 0 Å². The molecule has 0 fully saturated rings. The molecule has 0 aromatic heterocycles. The predicted molar refractivity (Wildman–Crippen MR) is 84.4 cm³/mol. The lowest BCUT2D eigenvalue weighted by molar-refractivity contribution is -0.116. The Hall–Kier alpha value is -2.21. The van der Waals surface area contributed by atoms with Gasteiger partial charge in [0.1, 0.15) is 11.5 Å². The number of carbonyl (C=O) groups is 1. The highest BCUT2D eigenvalue weighted by Gasteiger charge is 2.29.